The molecule has 0 unspecified atom stereocenters. The highest BCUT2D eigenvalue weighted by Crippen LogP contribution is 2.17. The second-order valence-corrected chi connectivity index (χ2v) is 2.86. The highest BCUT2D eigenvalue weighted by atomic mass is 16.1. The fourth-order valence-electron chi connectivity index (χ4n) is 1.27. The molecule has 13 heavy (non-hydrogen) atoms. The molecule has 3 N–H and O–H groups in total. The third kappa shape index (κ3) is 1.38. The monoisotopic (exact) mass is 178 g/mol. The van der Waals surface area contributed by atoms with Crippen LogP contribution in [0.4, 0.5) is 5.82 Å². The first kappa shape index (κ1) is 8.12. The van der Waals surface area contributed by atoms with E-state index in [9.17, 15) is 4.79 Å². The van der Waals surface area contributed by atoms with Crippen molar-refractivity contribution in [1.29, 1.82) is 0 Å². The fourth-order valence-corrected chi connectivity index (χ4v) is 1.27. The normalized spacial score (nSPS) is 14.1. The van der Waals surface area contributed by atoms with Crippen LogP contribution >= 0.6 is 0 Å². The number of nitrogens with two attached hydrogens (primary N) is 1. The summed E-state index contributed by atoms with van der Waals surface area (Å²) in [5, 5.41) is 2.91. The zero-order chi connectivity index (χ0) is 9.26. The van der Waals surface area contributed by atoms with E-state index >= 15 is 0 Å². The lowest BCUT2D eigenvalue weighted by Crippen LogP contribution is -2.07. The molecule has 1 aromatic rings. The Morgan fingerprint density at radius 2 is 2.46 bits per heavy atom. The molecule has 2 rings (SSSR count). The number of Topliss-reactive ketones (excluding diaryl/α,β-unsaturated/α-hetero) is 1. The molecule has 0 atom stereocenters. The van der Waals surface area contributed by atoms with Crippen molar-refractivity contribution in [1.82, 2.24) is 9.97 Å². The van der Waals surface area contributed by atoms with Gasteiger partial charge in [0.15, 0.2) is 5.78 Å². The van der Waals surface area contributed by atoms with Crippen LogP contribution in [0.1, 0.15) is 16.2 Å². The number of carbonyl (C=O) groups is 1. The third-order valence-electron chi connectivity index (χ3n) is 1.92. The van der Waals surface area contributed by atoms with Crippen molar-refractivity contribution >= 4 is 11.6 Å². The first-order valence-electron chi connectivity index (χ1n) is 4.14. The lowest BCUT2D eigenvalue weighted by molar-refractivity contribution is 0.101. The SMILES string of the molecule is NCCc1ncc2c(n1)NCC2=O. The zero-order valence-corrected chi connectivity index (χ0v) is 7.08. The Labute approximate surface area is 75.4 Å². The van der Waals surface area contributed by atoms with Crippen LogP contribution in [0.25, 0.3) is 0 Å². The Bertz CT molecular complexity index is 350. The number of nitrogens with zero attached hydrogens (tertiary/aromatic N) is 2. The van der Waals surface area contributed by atoms with Crippen molar-refractivity contribution in [2.45, 2.75) is 6.42 Å². The topological polar surface area (TPSA) is 80.9 Å². The lowest BCUT2D eigenvalue weighted by atomic mass is 10.2. The summed E-state index contributed by atoms with van der Waals surface area (Å²) in [6, 6.07) is 0. The molecule has 0 amide bonds. The average molecular weight is 178 g/mol. The molecule has 5 heteroatoms. The van der Waals surface area contributed by atoms with E-state index in [-0.39, 0.29) is 5.78 Å². The summed E-state index contributed by atoms with van der Waals surface area (Å²) in [6.07, 6.45) is 2.21. The van der Waals surface area contributed by atoms with Crippen LogP contribution in [-0.2, 0) is 6.42 Å². The zero-order valence-electron chi connectivity index (χ0n) is 7.08. The third-order valence-corrected chi connectivity index (χ3v) is 1.92. The molecular weight excluding hydrogens is 168 g/mol. The Balaban J connectivity index is 2.34. The molecule has 2 heterocycles. The highest BCUT2D eigenvalue weighted by molar-refractivity contribution is 6.06. The van der Waals surface area contributed by atoms with Crippen LogP contribution in [0.5, 0.6) is 0 Å². The van der Waals surface area contributed by atoms with Crippen LogP contribution < -0.4 is 11.1 Å². The van der Waals surface area contributed by atoms with Crippen molar-refractivity contribution in [2.24, 2.45) is 5.73 Å². The summed E-state index contributed by atoms with van der Waals surface area (Å²) >= 11 is 0. The van der Waals surface area contributed by atoms with Crippen LogP contribution in [0.15, 0.2) is 6.20 Å². The van der Waals surface area contributed by atoms with Crippen molar-refractivity contribution in [3.8, 4) is 0 Å². The van der Waals surface area contributed by atoms with Crippen molar-refractivity contribution < 1.29 is 4.79 Å². The molecule has 0 saturated carbocycles. The molecule has 0 radical (unpaired) electrons. The van der Waals surface area contributed by atoms with Gasteiger partial charge < -0.3 is 11.1 Å². The molecule has 0 aromatic carbocycles. The maximum absolute atomic E-state index is 11.2. The minimum absolute atomic E-state index is 0.0503. The Morgan fingerprint density at radius 1 is 1.62 bits per heavy atom. The van der Waals surface area contributed by atoms with E-state index in [4.69, 9.17) is 5.73 Å². The van der Waals surface area contributed by atoms with E-state index in [0.717, 1.165) is 0 Å². The molecule has 1 aliphatic rings. The van der Waals surface area contributed by atoms with Crippen LogP contribution in [-0.4, -0.2) is 28.8 Å². The maximum atomic E-state index is 11.2. The van der Waals surface area contributed by atoms with Gasteiger partial charge in [-0.05, 0) is 6.54 Å². The van der Waals surface area contributed by atoms with E-state index in [1.54, 1.807) is 6.20 Å². The Morgan fingerprint density at radius 3 is 3.23 bits per heavy atom. The van der Waals surface area contributed by atoms with Crippen LogP contribution in [0, 0.1) is 0 Å². The van der Waals surface area contributed by atoms with Crippen LogP contribution in [0.3, 0.4) is 0 Å². The van der Waals surface area contributed by atoms with E-state index in [1.807, 2.05) is 0 Å². The first-order valence-corrected chi connectivity index (χ1v) is 4.14. The molecule has 0 spiro atoms. The van der Waals surface area contributed by atoms with Crippen molar-refractivity contribution in [2.75, 3.05) is 18.4 Å². The smallest absolute Gasteiger partial charge is 0.187 e. The summed E-state index contributed by atoms with van der Waals surface area (Å²) in [5.41, 5.74) is 5.95. The van der Waals surface area contributed by atoms with Gasteiger partial charge in [0, 0.05) is 12.6 Å². The van der Waals surface area contributed by atoms with Gasteiger partial charge in [0.25, 0.3) is 0 Å². The largest absolute Gasteiger partial charge is 0.362 e. The molecule has 1 aromatic heterocycles. The van der Waals surface area contributed by atoms with Gasteiger partial charge >= 0.3 is 0 Å². The minimum Gasteiger partial charge on any atom is -0.362 e. The second kappa shape index (κ2) is 3.10. The number of aromatic nitrogens is 2. The highest BCUT2D eigenvalue weighted by Gasteiger charge is 2.20. The summed E-state index contributed by atoms with van der Waals surface area (Å²) in [5.74, 6) is 1.38. The van der Waals surface area contributed by atoms with Gasteiger partial charge in [0.2, 0.25) is 0 Å². The van der Waals surface area contributed by atoms with E-state index in [1.165, 1.54) is 0 Å². The molecule has 1 aliphatic heterocycles. The van der Waals surface area contributed by atoms with Gasteiger partial charge in [0.05, 0.1) is 12.1 Å². The van der Waals surface area contributed by atoms with Crippen molar-refractivity contribution in [3.05, 3.63) is 17.6 Å². The number of carbonyl (C=O) groups excluding carboxylic acids is 1. The van der Waals surface area contributed by atoms with Gasteiger partial charge in [-0.3, -0.25) is 4.79 Å². The number of ketones is 1. The predicted molar refractivity (Wildman–Crippen MR) is 47.6 cm³/mol. The quantitative estimate of drug-likeness (QED) is 0.643. The van der Waals surface area contributed by atoms with Gasteiger partial charge in [-0.15, -0.1) is 0 Å². The van der Waals surface area contributed by atoms with Crippen molar-refractivity contribution in [3.63, 3.8) is 0 Å². The number of rotatable bonds is 2. The standard InChI is InChI=1S/C8H10N4O/c9-2-1-7-10-3-5-6(13)4-11-8(5)12-7/h3H,1-2,4,9H2,(H,10,11,12). The second-order valence-electron chi connectivity index (χ2n) is 2.86. The Kier molecular flexibility index (Phi) is 1.94. The summed E-state index contributed by atoms with van der Waals surface area (Å²) in [6.45, 7) is 0.850. The number of hydrogen-bond acceptors (Lipinski definition) is 5. The number of fused-ring (bicyclic) bond motifs is 1. The summed E-state index contributed by atoms with van der Waals surface area (Å²) in [4.78, 5) is 19.4. The number of nitrogens with one attached hydrogen (secondary N) is 1. The average Bonchev–Trinajstić information content (AvgIpc) is 2.48. The summed E-state index contributed by atoms with van der Waals surface area (Å²) < 4.78 is 0. The number of hydrogen-bond donors (Lipinski definition) is 2. The first-order chi connectivity index (χ1) is 6.31. The van der Waals surface area contributed by atoms with E-state index in [2.05, 4.69) is 15.3 Å². The minimum atomic E-state index is 0.0503. The summed E-state index contributed by atoms with van der Waals surface area (Å²) in [7, 11) is 0. The predicted octanol–water partition coefficient (Wildman–Crippen LogP) is -0.414. The molecule has 0 saturated heterocycles. The molecule has 68 valence electrons. The van der Waals surface area contributed by atoms with Gasteiger partial charge in [-0.2, -0.15) is 0 Å². The Hall–Kier alpha value is -1.49. The molecule has 0 fully saturated rings. The van der Waals surface area contributed by atoms with Crippen LogP contribution in [0.2, 0.25) is 0 Å². The molecule has 0 bridgehead atoms. The molecular formula is C8H10N4O. The number of anilines is 1. The van der Waals surface area contributed by atoms with Gasteiger partial charge in [-0.25, -0.2) is 9.97 Å². The molecule has 0 aliphatic carbocycles. The van der Waals surface area contributed by atoms with E-state index in [0.29, 0.717) is 36.7 Å². The van der Waals surface area contributed by atoms with E-state index < -0.39 is 0 Å². The maximum Gasteiger partial charge on any atom is 0.187 e. The lowest BCUT2D eigenvalue weighted by Gasteiger charge is -1.99. The van der Waals surface area contributed by atoms with Gasteiger partial charge in [0.1, 0.15) is 11.6 Å². The van der Waals surface area contributed by atoms with Gasteiger partial charge in [-0.1, -0.05) is 0 Å². The molecule has 5 nitrogen and oxygen atoms in total. The fraction of sp³-hybridized carbons (Fsp3) is 0.375.